The van der Waals surface area contributed by atoms with Gasteiger partial charge in [-0.2, -0.15) is 5.10 Å². The van der Waals surface area contributed by atoms with Crippen molar-refractivity contribution in [1.82, 2.24) is 35.0 Å². The second-order valence-corrected chi connectivity index (χ2v) is 5.79. The molecule has 0 aliphatic carbocycles. The summed E-state index contributed by atoms with van der Waals surface area (Å²) < 4.78 is 1.56. The Morgan fingerprint density at radius 3 is 2.68 bits per heavy atom. The smallest absolute Gasteiger partial charge is 0.251 e. The number of rotatable bonds is 6. The molecule has 0 aliphatic rings. The van der Waals surface area contributed by atoms with Crippen LogP contribution in [0.1, 0.15) is 15.9 Å². The van der Waals surface area contributed by atoms with E-state index in [-0.39, 0.29) is 5.91 Å². The normalized spacial score (nSPS) is 10.4. The predicted octanol–water partition coefficient (Wildman–Crippen LogP) is 2.13. The molecule has 2 N–H and O–H groups in total. The Kier molecular flexibility index (Phi) is 4.96. The number of nitrogens with one attached hydrogen (secondary N) is 2. The molecule has 3 heterocycles. The van der Waals surface area contributed by atoms with Gasteiger partial charge in [0, 0.05) is 41.9 Å². The van der Waals surface area contributed by atoms with Gasteiger partial charge in [0.1, 0.15) is 12.7 Å². The molecular formula is C19H16N8O. The van der Waals surface area contributed by atoms with Gasteiger partial charge in [0.25, 0.3) is 5.91 Å². The summed E-state index contributed by atoms with van der Waals surface area (Å²) in [7, 11) is 0. The summed E-state index contributed by atoms with van der Waals surface area (Å²) >= 11 is 0. The first-order valence-electron chi connectivity index (χ1n) is 8.51. The van der Waals surface area contributed by atoms with Crippen molar-refractivity contribution in [2.45, 2.75) is 6.54 Å². The lowest BCUT2D eigenvalue weighted by Crippen LogP contribution is -2.24. The van der Waals surface area contributed by atoms with Crippen molar-refractivity contribution < 1.29 is 4.79 Å². The van der Waals surface area contributed by atoms with Crippen molar-refractivity contribution in [2.75, 3.05) is 5.32 Å². The van der Waals surface area contributed by atoms with Crippen LogP contribution in [0.5, 0.6) is 0 Å². The molecule has 4 rings (SSSR count). The van der Waals surface area contributed by atoms with E-state index in [1.165, 1.54) is 6.33 Å². The Labute approximate surface area is 160 Å². The number of benzene rings is 1. The average molecular weight is 372 g/mol. The number of pyridine rings is 1. The number of carbonyl (C=O) groups excluding carboxylic acids is 1. The van der Waals surface area contributed by atoms with Crippen LogP contribution in [0.4, 0.5) is 11.6 Å². The Morgan fingerprint density at radius 2 is 1.86 bits per heavy atom. The van der Waals surface area contributed by atoms with E-state index >= 15 is 0 Å². The van der Waals surface area contributed by atoms with Gasteiger partial charge >= 0.3 is 0 Å². The molecule has 0 bridgehead atoms. The van der Waals surface area contributed by atoms with Crippen LogP contribution in [0.25, 0.3) is 5.82 Å². The third-order valence-corrected chi connectivity index (χ3v) is 3.89. The second-order valence-electron chi connectivity index (χ2n) is 5.79. The molecule has 0 saturated carbocycles. The summed E-state index contributed by atoms with van der Waals surface area (Å²) in [5.74, 6) is 0.885. The molecule has 0 atom stereocenters. The van der Waals surface area contributed by atoms with Crippen LogP contribution in [-0.2, 0) is 6.54 Å². The molecule has 138 valence electrons. The molecule has 9 nitrogen and oxygen atoms in total. The zero-order valence-corrected chi connectivity index (χ0v) is 14.7. The topological polar surface area (TPSA) is 111 Å². The van der Waals surface area contributed by atoms with Crippen LogP contribution in [0.15, 0.2) is 73.7 Å². The van der Waals surface area contributed by atoms with Gasteiger partial charge in [-0.05, 0) is 30.3 Å². The maximum atomic E-state index is 12.6. The summed E-state index contributed by atoms with van der Waals surface area (Å²) in [6, 6.07) is 12.6. The number of anilines is 2. The van der Waals surface area contributed by atoms with Crippen molar-refractivity contribution in [1.29, 1.82) is 0 Å². The number of aromatic nitrogens is 6. The highest BCUT2D eigenvalue weighted by molar-refractivity contribution is 5.95. The standard InChI is InChI=1S/C19H16N8O/c28-18(14-4-1-6-16(10-14)26-19-22-8-3-9-23-19)24-11-15-5-2-7-21-17(15)27-13-20-12-25-27/h1-10,12-13H,11H2,(H,24,28)(H,22,23,26). The predicted molar refractivity (Wildman–Crippen MR) is 102 cm³/mol. The SMILES string of the molecule is O=C(NCc1cccnc1-n1cncn1)c1cccc(Nc2ncccn2)c1. The highest BCUT2D eigenvalue weighted by atomic mass is 16.1. The quantitative estimate of drug-likeness (QED) is 0.533. The first-order chi connectivity index (χ1) is 13.8. The molecule has 0 fully saturated rings. The monoisotopic (exact) mass is 372 g/mol. The van der Waals surface area contributed by atoms with E-state index in [0.717, 1.165) is 11.3 Å². The van der Waals surface area contributed by atoms with Gasteiger partial charge < -0.3 is 10.6 Å². The van der Waals surface area contributed by atoms with Crippen molar-refractivity contribution >= 4 is 17.5 Å². The number of hydrogen-bond donors (Lipinski definition) is 2. The molecule has 0 saturated heterocycles. The van der Waals surface area contributed by atoms with E-state index in [1.807, 2.05) is 18.2 Å². The molecule has 1 amide bonds. The van der Waals surface area contributed by atoms with Crippen molar-refractivity contribution in [2.24, 2.45) is 0 Å². The van der Waals surface area contributed by atoms with E-state index < -0.39 is 0 Å². The summed E-state index contributed by atoms with van der Waals surface area (Å²) in [6.45, 7) is 0.307. The van der Waals surface area contributed by atoms with Gasteiger partial charge in [0.2, 0.25) is 5.95 Å². The van der Waals surface area contributed by atoms with E-state index in [2.05, 4.69) is 35.7 Å². The lowest BCUT2D eigenvalue weighted by atomic mass is 10.1. The molecule has 0 radical (unpaired) electrons. The maximum absolute atomic E-state index is 12.6. The molecule has 0 unspecified atom stereocenters. The van der Waals surface area contributed by atoms with Gasteiger partial charge in [-0.15, -0.1) is 0 Å². The fraction of sp³-hybridized carbons (Fsp3) is 0.0526. The van der Waals surface area contributed by atoms with Crippen molar-refractivity contribution in [3.8, 4) is 5.82 Å². The maximum Gasteiger partial charge on any atom is 0.251 e. The minimum atomic E-state index is -0.203. The fourth-order valence-corrected chi connectivity index (χ4v) is 2.60. The Morgan fingerprint density at radius 1 is 1.00 bits per heavy atom. The zero-order chi connectivity index (χ0) is 19.2. The Balaban J connectivity index is 1.46. The minimum Gasteiger partial charge on any atom is -0.348 e. The van der Waals surface area contributed by atoms with Crippen LogP contribution < -0.4 is 10.6 Å². The number of amides is 1. The van der Waals surface area contributed by atoms with Gasteiger partial charge in [0.05, 0.1) is 0 Å². The molecule has 4 aromatic rings. The molecular weight excluding hydrogens is 356 g/mol. The summed E-state index contributed by atoms with van der Waals surface area (Å²) in [5.41, 5.74) is 2.07. The van der Waals surface area contributed by atoms with E-state index in [9.17, 15) is 4.79 Å². The van der Waals surface area contributed by atoms with E-state index in [1.54, 1.807) is 53.9 Å². The van der Waals surface area contributed by atoms with Crippen LogP contribution in [0.2, 0.25) is 0 Å². The molecule has 3 aromatic heterocycles. The second kappa shape index (κ2) is 8.04. The van der Waals surface area contributed by atoms with E-state index in [4.69, 9.17) is 0 Å². The number of nitrogens with zero attached hydrogens (tertiary/aromatic N) is 6. The largest absolute Gasteiger partial charge is 0.348 e. The van der Waals surface area contributed by atoms with Gasteiger partial charge in [-0.1, -0.05) is 12.1 Å². The van der Waals surface area contributed by atoms with E-state index in [0.29, 0.717) is 23.9 Å². The highest BCUT2D eigenvalue weighted by Crippen LogP contribution is 2.15. The summed E-state index contributed by atoms with van der Waals surface area (Å²) in [5, 5.41) is 10.1. The van der Waals surface area contributed by atoms with Crippen LogP contribution in [0, 0.1) is 0 Å². The summed E-state index contributed by atoms with van der Waals surface area (Å²) in [6.07, 6.45) is 7.96. The third kappa shape index (κ3) is 3.98. The molecule has 9 heteroatoms. The fourth-order valence-electron chi connectivity index (χ4n) is 2.60. The Hall–Kier alpha value is -4.14. The first kappa shape index (κ1) is 17.3. The number of carbonyl (C=O) groups is 1. The van der Waals surface area contributed by atoms with Crippen molar-refractivity contribution in [3.05, 3.63) is 84.8 Å². The van der Waals surface area contributed by atoms with Crippen LogP contribution in [0.3, 0.4) is 0 Å². The number of hydrogen-bond acceptors (Lipinski definition) is 7. The Bertz CT molecular complexity index is 1070. The van der Waals surface area contributed by atoms with Gasteiger partial charge in [-0.3, -0.25) is 4.79 Å². The molecule has 0 aliphatic heterocycles. The van der Waals surface area contributed by atoms with Gasteiger partial charge in [0.15, 0.2) is 5.82 Å². The summed E-state index contributed by atoms with van der Waals surface area (Å²) in [4.78, 5) is 29.1. The third-order valence-electron chi connectivity index (χ3n) is 3.89. The molecule has 1 aromatic carbocycles. The van der Waals surface area contributed by atoms with Crippen LogP contribution >= 0.6 is 0 Å². The molecule has 28 heavy (non-hydrogen) atoms. The zero-order valence-electron chi connectivity index (χ0n) is 14.7. The lowest BCUT2D eigenvalue weighted by molar-refractivity contribution is 0.0951. The highest BCUT2D eigenvalue weighted by Gasteiger charge is 2.10. The average Bonchev–Trinajstić information content (AvgIpc) is 3.28. The van der Waals surface area contributed by atoms with Crippen LogP contribution in [-0.4, -0.2) is 35.6 Å². The lowest BCUT2D eigenvalue weighted by Gasteiger charge is -2.10. The first-order valence-corrected chi connectivity index (χ1v) is 8.51. The van der Waals surface area contributed by atoms with Crippen molar-refractivity contribution in [3.63, 3.8) is 0 Å². The molecule has 0 spiro atoms. The van der Waals surface area contributed by atoms with Gasteiger partial charge in [-0.25, -0.2) is 24.6 Å². The minimum absolute atomic E-state index is 0.203.